The highest BCUT2D eigenvalue weighted by Gasteiger charge is 2.33. The van der Waals surface area contributed by atoms with Crippen LogP contribution in [0, 0.1) is 5.92 Å². The Morgan fingerprint density at radius 3 is 2.07 bits per heavy atom. The Morgan fingerprint density at radius 1 is 0.826 bits per heavy atom. The minimum atomic E-state index is -4.39. The van der Waals surface area contributed by atoms with E-state index in [4.69, 9.17) is 75.0 Å². The van der Waals surface area contributed by atoms with Gasteiger partial charge in [-0.15, -0.1) is 0 Å². The van der Waals surface area contributed by atoms with Gasteiger partial charge in [-0.25, -0.2) is 0 Å². The van der Waals surface area contributed by atoms with Crippen molar-refractivity contribution in [1.82, 2.24) is 9.80 Å². The van der Waals surface area contributed by atoms with Gasteiger partial charge in [0, 0.05) is 55.0 Å². The number of piperazine rings is 1. The number of ether oxygens (including phenoxy) is 1. The van der Waals surface area contributed by atoms with Crippen LogP contribution in [0.4, 0.5) is 24.5 Å². The molecular formula is C32H31Cl5F3N3OS2. The molecule has 1 unspecified atom stereocenters. The topological polar surface area (TPSA) is 19.0 Å². The summed E-state index contributed by atoms with van der Waals surface area (Å²) in [5.41, 5.74) is 1.51. The Labute approximate surface area is 302 Å². The SMILES string of the molecule is CC(Cc1c(Cl)c(Cl)c(Cl)c(Cl)c1Cl)C(=S)OCCN1CCN(CCCN2c3ccccc3Sc3ccc(C(F)(F)F)cc32)CC1. The molecule has 0 bridgehead atoms. The van der Waals surface area contributed by atoms with E-state index in [1.54, 1.807) is 6.07 Å². The number of hydrogen-bond acceptors (Lipinski definition) is 6. The summed E-state index contributed by atoms with van der Waals surface area (Å²) in [6, 6.07) is 11.9. The average molecular weight is 772 g/mol. The Bertz CT molecular complexity index is 1560. The van der Waals surface area contributed by atoms with Crippen molar-refractivity contribution in [3.63, 3.8) is 0 Å². The molecule has 1 atom stereocenters. The van der Waals surface area contributed by atoms with Crippen molar-refractivity contribution in [2.24, 2.45) is 5.92 Å². The molecule has 2 aliphatic rings. The number of para-hydroxylation sites is 1. The minimum absolute atomic E-state index is 0.120. The predicted octanol–water partition coefficient (Wildman–Crippen LogP) is 10.8. The molecule has 0 saturated carbocycles. The summed E-state index contributed by atoms with van der Waals surface area (Å²) in [5.74, 6) is -0.160. The van der Waals surface area contributed by atoms with Crippen molar-refractivity contribution >= 4 is 98.4 Å². The lowest BCUT2D eigenvalue weighted by Gasteiger charge is -2.36. The molecule has 2 heterocycles. The first kappa shape index (κ1) is 36.1. The summed E-state index contributed by atoms with van der Waals surface area (Å²) < 4.78 is 46.5. The van der Waals surface area contributed by atoms with Gasteiger partial charge in [-0.3, -0.25) is 4.90 Å². The number of benzene rings is 3. The second kappa shape index (κ2) is 15.6. The van der Waals surface area contributed by atoms with Crippen molar-refractivity contribution < 1.29 is 17.9 Å². The summed E-state index contributed by atoms with van der Waals surface area (Å²) in [4.78, 5) is 8.65. The maximum atomic E-state index is 13.5. The molecule has 0 aliphatic carbocycles. The van der Waals surface area contributed by atoms with E-state index in [1.807, 2.05) is 36.1 Å². The number of rotatable bonds is 10. The quantitative estimate of drug-likeness (QED) is 0.115. The summed E-state index contributed by atoms with van der Waals surface area (Å²) in [7, 11) is 0. The molecule has 0 aromatic heterocycles. The number of fused-ring (bicyclic) bond motifs is 2. The van der Waals surface area contributed by atoms with Gasteiger partial charge in [0.1, 0.15) is 6.61 Å². The van der Waals surface area contributed by atoms with Crippen molar-refractivity contribution in [2.45, 2.75) is 35.7 Å². The van der Waals surface area contributed by atoms with Crippen LogP contribution in [0.5, 0.6) is 0 Å². The first-order chi connectivity index (χ1) is 21.8. The van der Waals surface area contributed by atoms with Crippen LogP contribution in [0.2, 0.25) is 25.1 Å². The predicted molar refractivity (Wildman–Crippen MR) is 189 cm³/mol. The first-order valence-electron chi connectivity index (χ1n) is 14.7. The smallest absolute Gasteiger partial charge is 0.416 e. The third-order valence-electron chi connectivity index (χ3n) is 8.14. The molecule has 0 spiro atoms. The van der Waals surface area contributed by atoms with Crippen molar-refractivity contribution in [3.8, 4) is 0 Å². The van der Waals surface area contributed by atoms with Crippen molar-refractivity contribution in [2.75, 3.05) is 57.3 Å². The third-order valence-corrected chi connectivity index (χ3v) is 12.1. The lowest BCUT2D eigenvalue weighted by atomic mass is 10.0. The van der Waals surface area contributed by atoms with Gasteiger partial charge in [-0.05, 0) is 67.5 Å². The Hall–Kier alpha value is -1.14. The Balaban J connectivity index is 1.07. The first-order valence-corrected chi connectivity index (χ1v) is 17.8. The van der Waals surface area contributed by atoms with E-state index in [0.29, 0.717) is 35.9 Å². The molecule has 14 heteroatoms. The number of anilines is 2. The van der Waals surface area contributed by atoms with E-state index in [0.717, 1.165) is 67.2 Å². The third kappa shape index (κ3) is 8.35. The van der Waals surface area contributed by atoms with E-state index in [2.05, 4.69) is 9.80 Å². The highest BCUT2D eigenvalue weighted by atomic mass is 35.5. The van der Waals surface area contributed by atoms with Crippen LogP contribution in [-0.2, 0) is 17.3 Å². The number of thiocarbonyl (C=S) groups is 1. The number of hydrogen-bond donors (Lipinski definition) is 0. The van der Waals surface area contributed by atoms with Crippen LogP contribution in [0.3, 0.4) is 0 Å². The summed E-state index contributed by atoms with van der Waals surface area (Å²) in [6.07, 6.45) is -3.16. The molecule has 3 aromatic carbocycles. The molecule has 0 radical (unpaired) electrons. The van der Waals surface area contributed by atoms with Gasteiger partial charge in [-0.2, -0.15) is 13.2 Å². The van der Waals surface area contributed by atoms with Crippen LogP contribution in [0.1, 0.15) is 24.5 Å². The number of nitrogens with zero attached hydrogens (tertiary/aromatic N) is 3. The fraction of sp³-hybridized carbons (Fsp3) is 0.406. The zero-order chi connectivity index (χ0) is 33.2. The molecule has 1 saturated heterocycles. The van der Waals surface area contributed by atoms with Crippen molar-refractivity contribution in [1.29, 1.82) is 0 Å². The fourth-order valence-electron chi connectivity index (χ4n) is 5.57. The van der Waals surface area contributed by atoms with Crippen LogP contribution >= 0.6 is 82.0 Å². The van der Waals surface area contributed by atoms with E-state index < -0.39 is 11.7 Å². The standard InChI is InChI=1S/C32H31Cl5F3N3OS2/c1-19(17-21-26(33)28(35)30(37)29(36)27(21)34)31(45)44-16-15-42-13-11-41(12-14-42)9-4-10-43-22-5-2-3-6-24(22)46-25-8-7-20(18-23(25)43)32(38,39)40/h2-3,5-8,18-19H,4,9-17H2,1H3. The van der Waals surface area contributed by atoms with E-state index in [-0.39, 0.29) is 31.0 Å². The zero-order valence-corrected chi connectivity index (χ0v) is 30.2. The molecule has 2 aliphatic heterocycles. The summed E-state index contributed by atoms with van der Waals surface area (Å²) >= 11 is 38.3. The van der Waals surface area contributed by atoms with Gasteiger partial charge in [0.25, 0.3) is 0 Å². The van der Waals surface area contributed by atoms with Crippen LogP contribution in [0.25, 0.3) is 0 Å². The maximum Gasteiger partial charge on any atom is 0.416 e. The Morgan fingerprint density at radius 2 is 1.41 bits per heavy atom. The highest BCUT2D eigenvalue weighted by Crippen LogP contribution is 2.49. The zero-order valence-electron chi connectivity index (χ0n) is 24.8. The van der Waals surface area contributed by atoms with E-state index in [9.17, 15) is 13.2 Å². The molecule has 4 nitrogen and oxygen atoms in total. The average Bonchev–Trinajstić information content (AvgIpc) is 3.04. The molecule has 1 fully saturated rings. The lowest BCUT2D eigenvalue weighted by Crippen LogP contribution is -2.47. The number of halogens is 8. The second-order valence-corrected chi connectivity index (χ2v) is 14.6. The number of alkyl halides is 3. The molecule has 0 N–H and O–H groups in total. The molecule has 248 valence electrons. The van der Waals surface area contributed by atoms with Crippen LogP contribution in [0.15, 0.2) is 52.3 Å². The van der Waals surface area contributed by atoms with Gasteiger partial charge >= 0.3 is 6.18 Å². The van der Waals surface area contributed by atoms with Crippen LogP contribution < -0.4 is 4.90 Å². The molecule has 3 aromatic rings. The maximum absolute atomic E-state index is 13.5. The highest BCUT2D eigenvalue weighted by molar-refractivity contribution is 7.99. The van der Waals surface area contributed by atoms with Gasteiger partial charge in [0.05, 0.1) is 42.1 Å². The second-order valence-electron chi connectivity index (χ2n) is 11.3. The lowest BCUT2D eigenvalue weighted by molar-refractivity contribution is -0.137. The largest absolute Gasteiger partial charge is 0.485 e. The van der Waals surface area contributed by atoms with E-state index >= 15 is 0 Å². The monoisotopic (exact) mass is 769 g/mol. The summed E-state index contributed by atoms with van der Waals surface area (Å²) in [5, 5.41) is 1.41. The summed E-state index contributed by atoms with van der Waals surface area (Å²) in [6.45, 7) is 8.18. The van der Waals surface area contributed by atoms with E-state index in [1.165, 1.54) is 17.8 Å². The molecule has 0 amide bonds. The molecule has 46 heavy (non-hydrogen) atoms. The van der Waals surface area contributed by atoms with Gasteiger partial charge in [0.2, 0.25) is 0 Å². The minimum Gasteiger partial charge on any atom is -0.485 e. The van der Waals surface area contributed by atoms with Gasteiger partial charge < -0.3 is 14.5 Å². The van der Waals surface area contributed by atoms with Gasteiger partial charge in [-0.1, -0.05) is 88.8 Å². The molecular weight excluding hydrogens is 741 g/mol. The fourth-order valence-corrected chi connectivity index (χ4v) is 8.15. The molecule has 5 rings (SSSR count). The normalized spacial score (nSPS) is 16.2. The van der Waals surface area contributed by atoms with Crippen molar-refractivity contribution in [3.05, 3.63) is 78.7 Å². The van der Waals surface area contributed by atoms with Gasteiger partial charge in [0.15, 0.2) is 5.05 Å². The van der Waals surface area contributed by atoms with Crippen LogP contribution in [-0.4, -0.2) is 67.3 Å². The Kier molecular flexibility index (Phi) is 12.3.